The monoisotopic (exact) mass is 243 g/mol. The van der Waals surface area contributed by atoms with Crippen LogP contribution in [0.15, 0.2) is 29.8 Å². The van der Waals surface area contributed by atoms with E-state index in [9.17, 15) is 9.50 Å². The molecule has 0 amide bonds. The minimum Gasteiger partial charge on any atom is -0.381 e. The zero-order chi connectivity index (χ0) is 10.8. The SMILES string of the molecule is OC(c1ccc(F)cn1)c1sccc1Cl. The first-order valence-corrected chi connectivity index (χ1v) is 5.46. The molecule has 0 aromatic carbocycles. The Morgan fingerprint density at radius 3 is 2.73 bits per heavy atom. The van der Waals surface area contributed by atoms with Gasteiger partial charge < -0.3 is 5.11 Å². The Balaban J connectivity index is 2.32. The molecule has 0 bridgehead atoms. The first-order valence-electron chi connectivity index (χ1n) is 4.21. The molecule has 2 nitrogen and oxygen atoms in total. The van der Waals surface area contributed by atoms with Crippen molar-refractivity contribution < 1.29 is 9.50 Å². The third kappa shape index (κ3) is 2.17. The van der Waals surface area contributed by atoms with Crippen LogP contribution < -0.4 is 0 Å². The van der Waals surface area contributed by atoms with Crippen molar-refractivity contribution in [3.8, 4) is 0 Å². The van der Waals surface area contributed by atoms with Crippen molar-refractivity contribution in [3.05, 3.63) is 51.2 Å². The van der Waals surface area contributed by atoms with Gasteiger partial charge in [-0.2, -0.15) is 0 Å². The van der Waals surface area contributed by atoms with E-state index in [2.05, 4.69) is 4.98 Å². The predicted octanol–water partition coefficient (Wildman–Crippen LogP) is 3.02. The van der Waals surface area contributed by atoms with Crippen molar-refractivity contribution in [2.45, 2.75) is 6.10 Å². The van der Waals surface area contributed by atoms with Crippen molar-refractivity contribution in [2.24, 2.45) is 0 Å². The molecular weight excluding hydrogens is 237 g/mol. The van der Waals surface area contributed by atoms with Crippen LogP contribution in [0.5, 0.6) is 0 Å². The summed E-state index contributed by atoms with van der Waals surface area (Å²) in [6.45, 7) is 0. The molecule has 1 N–H and O–H groups in total. The summed E-state index contributed by atoms with van der Waals surface area (Å²) < 4.78 is 12.6. The average molecular weight is 244 g/mol. The van der Waals surface area contributed by atoms with Gasteiger partial charge in [0.15, 0.2) is 0 Å². The fourth-order valence-electron chi connectivity index (χ4n) is 1.18. The summed E-state index contributed by atoms with van der Waals surface area (Å²) in [6.07, 6.45) is 0.179. The van der Waals surface area contributed by atoms with Gasteiger partial charge in [0.1, 0.15) is 11.9 Å². The van der Waals surface area contributed by atoms with E-state index in [4.69, 9.17) is 11.6 Å². The quantitative estimate of drug-likeness (QED) is 0.880. The molecule has 0 radical (unpaired) electrons. The fraction of sp³-hybridized carbons (Fsp3) is 0.100. The van der Waals surface area contributed by atoms with Gasteiger partial charge in [-0.3, -0.25) is 4.98 Å². The summed E-state index contributed by atoms with van der Waals surface area (Å²) in [4.78, 5) is 4.42. The highest BCUT2D eigenvalue weighted by atomic mass is 35.5. The van der Waals surface area contributed by atoms with Crippen molar-refractivity contribution >= 4 is 22.9 Å². The van der Waals surface area contributed by atoms with Crippen molar-refractivity contribution in [1.29, 1.82) is 0 Å². The largest absolute Gasteiger partial charge is 0.381 e. The fourth-order valence-corrected chi connectivity index (χ4v) is 2.34. The van der Waals surface area contributed by atoms with Crippen molar-refractivity contribution in [3.63, 3.8) is 0 Å². The molecule has 0 aliphatic carbocycles. The lowest BCUT2D eigenvalue weighted by molar-refractivity contribution is 0.219. The molecule has 2 aromatic rings. The Hall–Kier alpha value is -0.970. The molecule has 5 heteroatoms. The van der Waals surface area contributed by atoms with Gasteiger partial charge >= 0.3 is 0 Å². The van der Waals surface area contributed by atoms with E-state index >= 15 is 0 Å². The molecule has 0 saturated heterocycles. The molecule has 1 atom stereocenters. The Morgan fingerprint density at radius 1 is 1.40 bits per heavy atom. The van der Waals surface area contributed by atoms with Gasteiger partial charge in [0.05, 0.1) is 21.8 Å². The first-order chi connectivity index (χ1) is 7.18. The van der Waals surface area contributed by atoms with E-state index in [0.717, 1.165) is 6.20 Å². The third-order valence-corrected chi connectivity index (χ3v) is 3.33. The summed E-state index contributed by atoms with van der Waals surface area (Å²) in [5, 5.41) is 12.2. The van der Waals surface area contributed by atoms with Crippen molar-refractivity contribution in [1.82, 2.24) is 4.98 Å². The van der Waals surface area contributed by atoms with E-state index in [1.165, 1.54) is 23.5 Å². The van der Waals surface area contributed by atoms with E-state index in [-0.39, 0.29) is 0 Å². The molecule has 1 unspecified atom stereocenters. The molecule has 0 fully saturated rings. The standard InChI is InChI=1S/C10H7ClFNOS/c11-7-3-4-15-10(7)9(14)8-2-1-6(12)5-13-8/h1-5,9,14H. The molecule has 0 saturated carbocycles. The normalized spacial score (nSPS) is 12.7. The van der Waals surface area contributed by atoms with Crippen LogP contribution in [0.3, 0.4) is 0 Å². The second-order valence-corrected chi connectivity index (χ2v) is 4.29. The number of aliphatic hydroxyl groups excluding tert-OH is 1. The Labute approximate surface area is 95.0 Å². The zero-order valence-electron chi connectivity index (χ0n) is 7.52. The van der Waals surface area contributed by atoms with Gasteiger partial charge in [-0.05, 0) is 23.6 Å². The molecule has 2 heterocycles. The van der Waals surface area contributed by atoms with Crippen LogP contribution in [0.25, 0.3) is 0 Å². The Kier molecular flexibility index (Phi) is 3.00. The van der Waals surface area contributed by atoms with Crippen LogP contribution >= 0.6 is 22.9 Å². The number of nitrogens with zero attached hydrogens (tertiary/aromatic N) is 1. The van der Waals surface area contributed by atoms with Gasteiger partial charge in [-0.15, -0.1) is 11.3 Å². The van der Waals surface area contributed by atoms with Gasteiger partial charge in [0, 0.05) is 0 Å². The minimum absolute atomic E-state index is 0.390. The molecule has 78 valence electrons. The van der Waals surface area contributed by atoms with E-state index in [0.29, 0.717) is 15.6 Å². The van der Waals surface area contributed by atoms with E-state index in [1.54, 1.807) is 11.4 Å². The highest BCUT2D eigenvalue weighted by Gasteiger charge is 2.16. The number of aliphatic hydroxyl groups is 1. The summed E-state index contributed by atoms with van der Waals surface area (Å²) in [7, 11) is 0. The third-order valence-electron chi connectivity index (χ3n) is 1.92. The summed E-state index contributed by atoms with van der Waals surface area (Å²) in [6, 6.07) is 4.40. The number of halogens is 2. The predicted molar refractivity (Wildman–Crippen MR) is 57.6 cm³/mol. The van der Waals surface area contributed by atoms with Crippen LogP contribution in [0.4, 0.5) is 4.39 Å². The maximum Gasteiger partial charge on any atom is 0.141 e. The number of pyridine rings is 1. The van der Waals surface area contributed by atoms with Gasteiger partial charge in [0.25, 0.3) is 0 Å². The maximum atomic E-state index is 12.6. The Morgan fingerprint density at radius 2 is 2.20 bits per heavy atom. The molecular formula is C10H7ClFNOS. The molecule has 2 rings (SSSR count). The molecule has 0 spiro atoms. The summed E-state index contributed by atoms with van der Waals surface area (Å²) in [5.74, 6) is -0.428. The molecule has 2 aromatic heterocycles. The maximum absolute atomic E-state index is 12.6. The van der Waals surface area contributed by atoms with Gasteiger partial charge in [-0.1, -0.05) is 11.6 Å². The van der Waals surface area contributed by atoms with E-state index in [1.807, 2.05) is 0 Å². The topological polar surface area (TPSA) is 33.1 Å². The lowest BCUT2D eigenvalue weighted by Gasteiger charge is -2.08. The minimum atomic E-state index is -0.891. The lowest BCUT2D eigenvalue weighted by atomic mass is 10.2. The first kappa shape index (κ1) is 10.5. The smallest absolute Gasteiger partial charge is 0.141 e. The van der Waals surface area contributed by atoms with Crippen LogP contribution in [0, 0.1) is 5.82 Å². The second-order valence-electron chi connectivity index (χ2n) is 2.94. The van der Waals surface area contributed by atoms with Crippen LogP contribution in [-0.4, -0.2) is 10.1 Å². The van der Waals surface area contributed by atoms with Crippen LogP contribution in [0.2, 0.25) is 5.02 Å². The van der Waals surface area contributed by atoms with E-state index < -0.39 is 11.9 Å². The van der Waals surface area contributed by atoms with Crippen molar-refractivity contribution in [2.75, 3.05) is 0 Å². The molecule has 0 aliphatic rings. The molecule has 0 aliphatic heterocycles. The number of aromatic nitrogens is 1. The lowest BCUT2D eigenvalue weighted by Crippen LogP contribution is -2.00. The molecule has 15 heavy (non-hydrogen) atoms. The number of thiophene rings is 1. The summed E-state index contributed by atoms with van der Waals surface area (Å²) in [5.41, 5.74) is 0.390. The second kappa shape index (κ2) is 4.26. The number of rotatable bonds is 2. The zero-order valence-corrected chi connectivity index (χ0v) is 9.10. The van der Waals surface area contributed by atoms with Crippen LogP contribution in [0.1, 0.15) is 16.7 Å². The average Bonchev–Trinajstić information content (AvgIpc) is 2.65. The summed E-state index contributed by atoms with van der Waals surface area (Å²) >= 11 is 7.21. The highest BCUT2D eigenvalue weighted by molar-refractivity contribution is 7.10. The Bertz CT molecular complexity index is 457. The van der Waals surface area contributed by atoms with Gasteiger partial charge in [-0.25, -0.2) is 4.39 Å². The van der Waals surface area contributed by atoms with Crippen LogP contribution in [-0.2, 0) is 0 Å². The highest BCUT2D eigenvalue weighted by Crippen LogP contribution is 2.31. The number of hydrogen-bond acceptors (Lipinski definition) is 3. The number of hydrogen-bond donors (Lipinski definition) is 1. The van der Waals surface area contributed by atoms with Gasteiger partial charge in [0.2, 0.25) is 0 Å².